The SMILES string of the molecule is CCOC(=O)C(NC(=O)C(CCc1ccccc1)CSC(C)=O)c1ccc(Cn2cnnn2)s1. The first-order valence-corrected chi connectivity index (χ1v) is 12.7. The molecule has 0 saturated heterocycles. The van der Waals surface area contributed by atoms with E-state index in [2.05, 4.69) is 20.8 Å². The number of carbonyl (C=O) groups excluding carboxylic acids is 3. The maximum absolute atomic E-state index is 13.3. The van der Waals surface area contributed by atoms with Crippen LogP contribution in [0.3, 0.4) is 0 Å². The van der Waals surface area contributed by atoms with Gasteiger partial charge in [-0.05, 0) is 47.9 Å². The Kier molecular flexibility index (Phi) is 9.77. The first kappa shape index (κ1) is 25.6. The molecular weight excluding hydrogens is 474 g/mol. The molecular formula is C23H27N5O4S2. The van der Waals surface area contributed by atoms with Gasteiger partial charge in [0.2, 0.25) is 5.91 Å². The van der Waals surface area contributed by atoms with E-state index in [9.17, 15) is 14.4 Å². The van der Waals surface area contributed by atoms with Crippen molar-refractivity contribution in [3.05, 3.63) is 64.1 Å². The standard InChI is InChI=1S/C23H27N5O4S2/c1-3-32-23(31)21(20-12-11-19(34-20)13-28-15-24-26-27-28)25-22(30)18(14-33-16(2)29)10-9-17-7-5-4-6-8-17/h4-8,11-12,15,18,21H,3,9-10,13-14H2,1-2H3,(H,25,30). The topological polar surface area (TPSA) is 116 Å². The fourth-order valence-electron chi connectivity index (χ4n) is 3.27. The smallest absolute Gasteiger partial charge is 0.334 e. The van der Waals surface area contributed by atoms with Gasteiger partial charge in [0.1, 0.15) is 6.33 Å². The van der Waals surface area contributed by atoms with Gasteiger partial charge >= 0.3 is 5.97 Å². The van der Waals surface area contributed by atoms with E-state index in [0.29, 0.717) is 30.0 Å². The van der Waals surface area contributed by atoms with Crippen molar-refractivity contribution in [3.63, 3.8) is 0 Å². The second kappa shape index (κ2) is 13.0. The molecule has 1 amide bonds. The Labute approximate surface area is 206 Å². The number of thioether (sulfide) groups is 1. The van der Waals surface area contributed by atoms with Crippen LogP contribution < -0.4 is 5.32 Å². The van der Waals surface area contributed by atoms with Gasteiger partial charge in [0.25, 0.3) is 0 Å². The third kappa shape index (κ3) is 7.77. The van der Waals surface area contributed by atoms with Crippen molar-refractivity contribution < 1.29 is 19.1 Å². The highest BCUT2D eigenvalue weighted by atomic mass is 32.2. The minimum absolute atomic E-state index is 0.0510. The monoisotopic (exact) mass is 501 g/mol. The minimum Gasteiger partial charge on any atom is -0.464 e. The van der Waals surface area contributed by atoms with Crippen LogP contribution in [0.4, 0.5) is 0 Å². The highest BCUT2D eigenvalue weighted by Crippen LogP contribution is 2.26. The van der Waals surface area contributed by atoms with Gasteiger partial charge in [0.15, 0.2) is 11.2 Å². The highest BCUT2D eigenvalue weighted by Gasteiger charge is 2.29. The van der Waals surface area contributed by atoms with Crippen LogP contribution in [0, 0.1) is 5.92 Å². The van der Waals surface area contributed by atoms with Crippen LogP contribution in [0.15, 0.2) is 48.8 Å². The number of ether oxygens (including phenoxy) is 1. The first-order chi connectivity index (χ1) is 16.5. The normalized spacial score (nSPS) is 12.6. The molecule has 0 aliphatic rings. The van der Waals surface area contributed by atoms with Crippen molar-refractivity contribution in [2.45, 2.75) is 39.3 Å². The second-order valence-electron chi connectivity index (χ2n) is 7.53. The van der Waals surface area contributed by atoms with Gasteiger partial charge in [-0.2, -0.15) is 0 Å². The number of aryl methyl sites for hydroxylation is 1. The molecule has 0 bridgehead atoms. The average molecular weight is 502 g/mol. The summed E-state index contributed by atoms with van der Waals surface area (Å²) in [6, 6.07) is 12.6. The molecule has 11 heteroatoms. The Balaban J connectivity index is 1.73. The first-order valence-electron chi connectivity index (χ1n) is 10.9. The number of rotatable bonds is 12. The predicted molar refractivity (Wildman–Crippen MR) is 130 cm³/mol. The second-order valence-corrected chi connectivity index (χ2v) is 9.93. The fraction of sp³-hybridized carbons (Fsp3) is 0.391. The number of hydrogen-bond acceptors (Lipinski definition) is 9. The molecule has 2 aromatic heterocycles. The Bertz CT molecular complexity index is 1070. The van der Waals surface area contributed by atoms with Crippen molar-refractivity contribution in [3.8, 4) is 0 Å². The van der Waals surface area contributed by atoms with Crippen LogP contribution in [0.5, 0.6) is 0 Å². The van der Waals surface area contributed by atoms with Crippen molar-refractivity contribution >= 4 is 40.1 Å². The number of hydrogen-bond donors (Lipinski definition) is 1. The zero-order valence-corrected chi connectivity index (χ0v) is 20.7. The lowest BCUT2D eigenvalue weighted by Gasteiger charge is -2.21. The molecule has 2 unspecified atom stereocenters. The lowest BCUT2D eigenvalue weighted by Crippen LogP contribution is -2.39. The average Bonchev–Trinajstić information content (AvgIpc) is 3.50. The van der Waals surface area contributed by atoms with E-state index < -0.39 is 17.9 Å². The summed E-state index contributed by atoms with van der Waals surface area (Å²) < 4.78 is 6.81. The number of tetrazole rings is 1. The van der Waals surface area contributed by atoms with E-state index in [-0.39, 0.29) is 17.6 Å². The molecule has 0 aliphatic heterocycles. The molecule has 2 heterocycles. The molecule has 0 fully saturated rings. The number of carbonyl (C=O) groups is 3. The summed E-state index contributed by atoms with van der Waals surface area (Å²) in [5, 5.41) is 13.9. The van der Waals surface area contributed by atoms with E-state index in [4.69, 9.17) is 4.74 Å². The van der Waals surface area contributed by atoms with Crippen molar-refractivity contribution in [1.29, 1.82) is 0 Å². The van der Waals surface area contributed by atoms with Crippen LogP contribution in [-0.2, 0) is 32.1 Å². The highest BCUT2D eigenvalue weighted by molar-refractivity contribution is 8.13. The summed E-state index contributed by atoms with van der Waals surface area (Å²) in [6.45, 7) is 3.86. The van der Waals surface area contributed by atoms with Crippen molar-refractivity contribution in [1.82, 2.24) is 25.5 Å². The summed E-state index contributed by atoms with van der Waals surface area (Å²) in [6.07, 6.45) is 2.76. The Hall–Kier alpha value is -3.05. The van der Waals surface area contributed by atoms with Crippen LogP contribution in [0.1, 0.15) is 41.6 Å². The van der Waals surface area contributed by atoms with Gasteiger partial charge < -0.3 is 10.1 Å². The molecule has 0 spiro atoms. The molecule has 1 N–H and O–H groups in total. The number of aromatic nitrogens is 4. The zero-order chi connectivity index (χ0) is 24.3. The van der Waals surface area contributed by atoms with E-state index in [0.717, 1.165) is 22.2 Å². The maximum atomic E-state index is 13.3. The van der Waals surface area contributed by atoms with Gasteiger partial charge in [0.05, 0.1) is 13.2 Å². The lowest BCUT2D eigenvalue weighted by atomic mass is 9.99. The van der Waals surface area contributed by atoms with Crippen LogP contribution in [0.25, 0.3) is 0 Å². The van der Waals surface area contributed by atoms with Gasteiger partial charge in [-0.1, -0.05) is 42.1 Å². The van der Waals surface area contributed by atoms with E-state index >= 15 is 0 Å². The van der Waals surface area contributed by atoms with Crippen LogP contribution in [-0.4, -0.2) is 49.6 Å². The molecule has 2 atom stereocenters. The van der Waals surface area contributed by atoms with Crippen LogP contribution >= 0.6 is 23.1 Å². The number of nitrogens with one attached hydrogen (secondary N) is 1. The minimum atomic E-state index is -0.929. The molecule has 34 heavy (non-hydrogen) atoms. The number of amides is 1. The molecule has 180 valence electrons. The third-order valence-electron chi connectivity index (χ3n) is 4.97. The summed E-state index contributed by atoms with van der Waals surface area (Å²) in [5.74, 6) is -0.893. The van der Waals surface area contributed by atoms with Crippen molar-refractivity contribution in [2.75, 3.05) is 12.4 Å². The van der Waals surface area contributed by atoms with E-state index in [1.165, 1.54) is 24.6 Å². The van der Waals surface area contributed by atoms with E-state index in [1.807, 2.05) is 36.4 Å². The molecule has 1 aromatic carbocycles. The van der Waals surface area contributed by atoms with Gasteiger partial charge in [0, 0.05) is 28.3 Å². The molecule has 9 nitrogen and oxygen atoms in total. The Morgan fingerprint density at radius 2 is 1.97 bits per heavy atom. The lowest BCUT2D eigenvalue weighted by molar-refractivity contribution is -0.148. The van der Waals surface area contributed by atoms with Crippen LogP contribution in [0.2, 0.25) is 0 Å². The Morgan fingerprint density at radius 3 is 2.65 bits per heavy atom. The number of esters is 1. The fourth-order valence-corrected chi connectivity index (χ4v) is 5.07. The molecule has 0 saturated carbocycles. The number of thiophene rings is 1. The predicted octanol–water partition coefficient (Wildman–Crippen LogP) is 3.03. The Morgan fingerprint density at radius 1 is 1.18 bits per heavy atom. The van der Waals surface area contributed by atoms with E-state index in [1.54, 1.807) is 17.7 Å². The third-order valence-corrected chi connectivity index (χ3v) is 7.08. The number of benzene rings is 1. The maximum Gasteiger partial charge on any atom is 0.334 e. The largest absolute Gasteiger partial charge is 0.464 e. The van der Waals surface area contributed by atoms with Gasteiger partial charge in [-0.3, -0.25) is 9.59 Å². The summed E-state index contributed by atoms with van der Waals surface area (Å²) in [4.78, 5) is 39.2. The van der Waals surface area contributed by atoms with Gasteiger partial charge in [-0.15, -0.1) is 16.4 Å². The van der Waals surface area contributed by atoms with Crippen molar-refractivity contribution in [2.24, 2.45) is 5.92 Å². The zero-order valence-electron chi connectivity index (χ0n) is 19.0. The molecule has 3 aromatic rings. The number of nitrogens with zero attached hydrogens (tertiary/aromatic N) is 4. The molecule has 0 radical (unpaired) electrons. The quantitative estimate of drug-likeness (QED) is 0.377. The summed E-state index contributed by atoms with van der Waals surface area (Å²) in [7, 11) is 0. The molecule has 3 rings (SSSR count). The molecule has 0 aliphatic carbocycles. The summed E-state index contributed by atoms with van der Waals surface area (Å²) >= 11 is 2.50. The summed E-state index contributed by atoms with van der Waals surface area (Å²) in [5.41, 5.74) is 1.11. The van der Waals surface area contributed by atoms with Gasteiger partial charge in [-0.25, -0.2) is 9.48 Å².